The summed E-state index contributed by atoms with van der Waals surface area (Å²) in [7, 11) is 0. The normalized spacial score (nSPS) is 10.6. The Morgan fingerprint density at radius 1 is 1.11 bits per heavy atom. The second kappa shape index (κ2) is 14.2. The minimum Gasteiger partial charge on any atom is -1.00 e. The number of carbonyl (C=O) groups is 1. The summed E-state index contributed by atoms with van der Waals surface area (Å²) < 4.78 is 3.67. The van der Waals surface area contributed by atoms with Gasteiger partial charge in [0.1, 0.15) is 0 Å². The van der Waals surface area contributed by atoms with Crippen molar-refractivity contribution in [2.24, 2.45) is 5.92 Å². The molecule has 0 aromatic rings. The molecule has 0 saturated heterocycles. The number of rotatable bonds is 10. The van der Waals surface area contributed by atoms with Crippen LogP contribution in [-0.4, -0.2) is 32.0 Å². The number of hydrogen-bond acceptors (Lipinski definition) is 1. The molecule has 0 atom stereocenters. The van der Waals surface area contributed by atoms with E-state index < -0.39 is 19.6 Å². The van der Waals surface area contributed by atoms with Gasteiger partial charge in [0.25, 0.3) is 0 Å². The molecule has 0 radical (unpaired) electrons. The van der Waals surface area contributed by atoms with Crippen LogP contribution in [0.2, 0.25) is 13.4 Å². The number of carbonyl (C=O) groups excluding carboxylic acids is 1. The van der Waals surface area contributed by atoms with Crippen LogP contribution in [0.4, 0.5) is 0 Å². The van der Waals surface area contributed by atoms with E-state index in [1.807, 2.05) is 0 Å². The maximum absolute atomic E-state index is 11.8. The first-order chi connectivity index (χ1) is 8.10. The van der Waals surface area contributed by atoms with Gasteiger partial charge in [-0.15, -0.1) is 0 Å². The summed E-state index contributed by atoms with van der Waals surface area (Å²) >= 11 is -1.12. The molecular weight excluding hydrogens is 406 g/mol. The van der Waals surface area contributed by atoms with Crippen molar-refractivity contribution in [1.29, 1.82) is 0 Å². The van der Waals surface area contributed by atoms with E-state index in [1.54, 1.807) is 0 Å². The fraction of sp³-hybridized carbons (Fsp3) is 0.929. The Kier molecular flexibility index (Phi) is 16.6. The van der Waals surface area contributed by atoms with E-state index in [9.17, 15) is 4.79 Å². The van der Waals surface area contributed by atoms with Gasteiger partial charge in [-0.3, -0.25) is 0 Å². The zero-order valence-electron chi connectivity index (χ0n) is 12.4. The largest absolute Gasteiger partial charge is 1.00 e. The predicted molar refractivity (Wildman–Crippen MR) is 77.8 cm³/mol. The molecule has 2 nitrogen and oxygen atoms in total. The molecule has 1 amide bonds. The van der Waals surface area contributed by atoms with Crippen LogP contribution in [0.1, 0.15) is 53.4 Å². The van der Waals surface area contributed by atoms with Crippen molar-refractivity contribution >= 4 is 25.5 Å². The van der Waals surface area contributed by atoms with Crippen molar-refractivity contribution in [3.63, 3.8) is 0 Å². The average Bonchev–Trinajstić information content (AvgIpc) is 2.30. The van der Waals surface area contributed by atoms with Crippen molar-refractivity contribution in [3.8, 4) is 0 Å². The topological polar surface area (TPSA) is 29.1 Å². The summed E-state index contributed by atoms with van der Waals surface area (Å²) in [4.78, 5) is 11.8. The van der Waals surface area contributed by atoms with Gasteiger partial charge in [0.15, 0.2) is 0 Å². The molecule has 0 bridgehead atoms. The van der Waals surface area contributed by atoms with Gasteiger partial charge >= 0.3 is 115 Å². The zero-order valence-corrected chi connectivity index (χ0v) is 16.3. The molecule has 110 valence electrons. The van der Waals surface area contributed by atoms with E-state index >= 15 is 0 Å². The quantitative estimate of drug-likeness (QED) is 0.507. The molecule has 0 unspecified atom stereocenters. The molecule has 0 rings (SSSR count). The van der Waals surface area contributed by atoms with Crippen molar-refractivity contribution < 1.29 is 21.8 Å². The van der Waals surface area contributed by atoms with Crippen LogP contribution in [0.15, 0.2) is 0 Å². The monoisotopic (exact) mass is 437 g/mol. The first kappa shape index (κ1) is 21.0. The molecule has 0 aromatic carbocycles. The Bertz CT molecular complexity index is 192. The molecule has 0 aliphatic heterocycles. The van der Waals surface area contributed by atoms with Crippen molar-refractivity contribution in [2.45, 2.75) is 66.8 Å². The van der Waals surface area contributed by atoms with Gasteiger partial charge in [-0.05, 0) is 0 Å². The number of nitrogens with one attached hydrogen (secondary N) is 1. The van der Waals surface area contributed by atoms with Gasteiger partial charge in [-0.25, -0.2) is 0 Å². The Morgan fingerprint density at radius 3 is 2.00 bits per heavy atom. The van der Waals surface area contributed by atoms with Crippen LogP contribution in [-0.2, 0) is 4.79 Å². The van der Waals surface area contributed by atoms with Crippen LogP contribution < -0.4 is 22.3 Å². The fourth-order valence-corrected chi connectivity index (χ4v) is 8.23. The third-order valence-electron chi connectivity index (χ3n) is 2.62. The molecule has 0 spiro atoms. The standard InChI is InChI=1S/C14H29NOTe.BrH/c1-5-7-9-17(10-8-6-2)12-14(16)15-11-13(3)4;/h13H,5-12H2,1-4H3;1H. The van der Waals surface area contributed by atoms with Crippen LogP contribution in [0, 0.1) is 5.92 Å². The minimum absolute atomic E-state index is 0. The third-order valence-corrected chi connectivity index (χ3v) is 9.47. The summed E-state index contributed by atoms with van der Waals surface area (Å²) in [6.07, 6.45) is 5.21. The van der Waals surface area contributed by atoms with Crippen LogP contribution >= 0.6 is 0 Å². The SMILES string of the molecule is CCCC[Te+](CCCC)CC(=O)NCC(C)C.[Br-]. The third kappa shape index (κ3) is 13.2. The summed E-state index contributed by atoms with van der Waals surface area (Å²) in [6.45, 7) is 9.62. The first-order valence-corrected chi connectivity index (χ1v) is 11.9. The van der Waals surface area contributed by atoms with E-state index in [1.165, 1.54) is 34.6 Å². The van der Waals surface area contributed by atoms with Crippen LogP contribution in [0.3, 0.4) is 0 Å². The van der Waals surface area contributed by atoms with Crippen molar-refractivity contribution in [3.05, 3.63) is 0 Å². The van der Waals surface area contributed by atoms with Gasteiger partial charge in [-0.1, -0.05) is 0 Å². The van der Waals surface area contributed by atoms with Crippen LogP contribution in [0.25, 0.3) is 0 Å². The summed E-state index contributed by atoms with van der Waals surface area (Å²) in [6, 6.07) is 0. The molecule has 0 fully saturated rings. The number of hydrogen-bond donors (Lipinski definition) is 1. The average molecular weight is 436 g/mol. The predicted octanol–water partition coefficient (Wildman–Crippen LogP) is 0.858. The Hall–Kier alpha value is 0.740. The van der Waals surface area contributed by atoms with E-state index in [0.29, 0.717) is 11.8 Å². The minimum atomic E-state index is -1.12. The van der Waals surface area contributed by atoms with Gasteiger partial charge in [0.05, 0.1) is 0 Å². The molecular formula is C14H30BrNOTe. The molecule has 1 N–H and O–H groups in total. The van der Waals surface area contributed by atoms with Crippen molar-refractivity contribution in [2.75, 3.05) is 6.54 Å². The Morgan fingerprint density at radius 2 is 1.61 bits per heavy atom. The van der Waals surface area contributed by atoms with Crippen LogP contribution in [0.5, 0.6) is 0 Å². The van der Waals surface area contributed by atoms with E-state index in [2.05, 4.69) is 33.0 Å². The molecule has 18 heavy (non-hydrogen) atoms. The molecule has 0 aliphatic rings. The van der Waals surface area contributed by atoms with Gasteiger partial charge < -0.3 is 17.0 Å². The second-order valence-electron chi connectivity index (χ2n) is 5.07. The molecule has 0 aromatic heterocycles. The fourth-order valence-electron chi connectivity index (χ4n) is 1.50. The summed E-state index contributed by atoms with van der Waals surface area (Å²) in [5.74, 6) is 0.886. The smallest absolute Gasteiger partial charge is 1.00 e. The van der Waals surface area contributed by atoms with Crippen molar-refractivity contribution in [1.82, 2.24) is 5.32 Å². The number of amides is 1. The first-order valence-electron chi connectivity index (χ1n) is 7.00. The van der Waals surface area contributed by atoms with Gasteiger partial charge in [-0.2, -0.15) is 0 Å². The number of unbranched alkanes of at least 4 members (excludes halogenated alkanes) is 2. The van der Waals surface area contributed by atoms with Gasteiger partial charge in [0.2, 0.25) is 0 Å². The number of halogens is 1. The maximum atomic E-state index is 11.8. The maximum Gasteiger partial charge on any atom is -1.00 e. The van der Waals surface area contributed by atoms with E-state index in [-0.39, 0.29) is 17.0 Å². The van der Waals surface area contributed by atoms with Gasteiger partial charge in [0, 0.05) is 0 Å². The molecule has 0 heterocycles. The molecule has 0 aliphatic carbocycles. The zero-order chi connectivity index (χ0) is 13.1. The molecule has 0 saturated carbocycles. The summed E-state index contributed by atoms with van der Waals surface area (Å²) in [5.41, 5.74) is 0. The van der Waals surface area contributed by atoms with E-state index in [0.717, 1.165) is 11.0 Å². The molecule has 4 heteroatoms. The second-order valence-corrected chi connectivity index (χ2v) is 11.7. The Labute approximate surface area is 131 Å². The van der Waals surface area contributed by atoms with E-state index in [4.69, 9.17) is 0 Å². The summed E-state index contributed by atoms with van der Waals surface area (Å²) in [5, 5.41) is 3.07. The Balaban J connectivity index is 0.